The maximum Gasteiger partial charge on any atom is 0.264 e. The highest BCUT2D eigenvalue weighted by Crippen LogP contribution is 2.35. The first-order chi connectivity index (χ1) is 9.45. The number of nitrogens with one attached hydrogen (secondary N) is 2. The molecule has 1 aromatic carbocycles. The van der Waals surface area contributed by atoms with Gasteiger partial charge in [-0.3, -0.25) is 4.72 Å². The van der Waals surface area contributed by atoms with Crippen LogP contribution in [0.5, 0.6) is 0 Å². The van der Waals surface area contributed by atoms with E-state index in [4.69, 9.17) is 23.2 Å². The molecule has 0 saturated carbocycles. The number of H-pyrrole nitrogens is 1. The zero-order chi connectivity index (χ0) is 14.3. The Morgan fingerprint density at radius 3 is 2.65 bits per heavy atom. The summed E-state index contributed by atoms with van der Waals surface area (Å²) in [6, 6.07) is 8.42. The molecule has 3 aromatic rings. The molecular weight excluding hydrogens is 339 g/mol. The summed E-state index contributed by atoms with van der Waals surface area (Å²) in [6.45, 7) is 0. The van der Waals surface area contributed by atoms with E-state index in [1.54, 1.807) is 24.4 Å². The lowest BCUT2D eigenvalue weighted by Gasteiger charge is -2.07. The lowest BCUT2D eigenvalue weighted by atomic mass is 10.2. The molecule has 0 aliphatic rings. The summed E-state index contributed by atoms with van der Waals surface area (Å²) in [4.78, 5) is 3.03. The molecule has 0 radical (unpaired) electrons. The van der Waals surface area contributed by atoms with E-state index in [-0.39, 0.29) is 9.23 Å². The van der Waals surface area contributed by atoms with E-state index < -0.39 is 10.0 Å². The van der Waals surface area contributed by atoms with Crippen LogP contribution >= 0.6 is 34.5 Å². The molecule has 0 fully saturated rings. The van der Waals surface area contributed by atoms with Gasteiger partial charge in [-0.25, -0.2) is 8.42 Å². The summed E-state index contributed by atoms with van der Waals surface area (Å²) in [6.07, 6.45) is 1.79. The highest BCUT2D eigenvalue weighted by Gasteiger charge is 2.21. The zero-order valence-electron chi connectivity index (χ0n) is 9.85. The summed E-state index contributed by atoms with van der Waals surface area (Å²) < 4.78 is 27.5. The van der Waals surface area contributed by atoms with Crippen LogP contribution in [0.1, 0.15) is 0 Å². The summed E-state index contributed by atoms with van der Waals surface area (Å²) in [7, 11) is -3.74. The lowest BCUT2D eigenvalue weighted by molar-refractivity contribution is 0.601. The topological polar surface area (TPSA) is 62.0 Å². The van der Waals surface area contributed by atoms with Crippen molar-refractivity contribution in [2.45, 2.75) is 4.90 Å². The van der Waals surface area contributed by atoms with E-state index in [0.717, 1.165) is 22.2 Å². The largest absolute Gasteiger partial charge is 0.361 e. The normalized spacial score (nSPS) is 11.9. The van der Waals surface area contributed by atoms with Gasteiger partial charge >= 0.3 is 0 Å². The molecule has 2 heterocycles. The quantitative estimate of drug-likeness (QED) is 0.740. The second-order valence-electron chi connectivity index (χ2n) is 4.07. The number of hydrogen-bond donors (Lipinski definition) is 2. The van der Waals surface area contributed by atoms with Crippen molar-refractivity contribution >= 4 is 61.2 Å². The van der Waals surface area contributed by atoms with E-state index in [2.05, 4.69) is 9.71 Å². The van der Waals surface area contributed by atoms with Crippen LogP contribution in [0.3, 0.4) is 0 Å². The van der Waals surface area contributed by atoms with Gasteiger partial charge in [0.1, 0.15) is 9.23 Å². The Morgan fingerprint density at radius 1 is 1.15 bits per heavy atom. The number of benzene rings is 1. The number of halogens is 2. The molecule has 0 amide bonds. The number of aromatic amines is 1. The van der Waals surface area contributed by atoms with Gasteiger partial charge in [0.2, 0.25) is 0 Å². The van der Waals surface area contributed by atoms with Crippen molar-refractivity contribution in [3.05, 3.63) is 45.2 Å². The van der Waals surface area contributed by atoms with Crippen LogP contribution < -0.4 is 4.72 Å². The minimum absolute atomic E-state index is 0.0108. The van der Waals surface area contributed by atoms with Gasteiger partial charge < -0.3 is 4.98 Å². The van der Waals surface area contributed by atoms with Crippen LogP contribution in [0.4, 0.5) is 5.69 Å². The van der Waals surface area contributed by atoms with Crippen LogP contribution in [0, 0.1) is 0 Å². The Kier molecular flexibility index (Phi) is 3.41. The number of fused-ring (bicyclic) bond motifs is 1. The fourth-order valence-electron chi connectivity index (χ4n) is 1.84. The van der Waals surface area contributed by atoms with Crippen LogP contribution in [-0.2, 0) is 10.0 Å². The highest BCUT2D eigenvalue weighted by atomic mass is 35.5. The molecule has 0 spiro atoms. The van der Waals surface area contributed by atoms with Crippen molar-refractivity contribution in [3.8, 4) is 0 Å². The average Bonchev–Trinajstić information content (AvgIpc) is 2.94. The third kappa shape index (κ3) is 2.52. The predicted octanol–water partition coefficient (Wildman–Crippen LogP) is 4.34. The Morgan fingerprint density at radius 2 is 1.95 bits per heavy atom. The molecule has 4 nitrogen and oxygen atoms in total. The Labute approximate surface area is 129 Å². The monoisotopic (exact) mass is 346 g/mol. The third-order valence-electron chi connectivity index (χ3n) is 2.72. The Hall–Kier alpha value is -1.21. The zero-order valence-corrected chi connectivity index (χ0v) is 13.0. The lowest BCUT2D eigenvalue weighted by Crippen LogP contribution is -2.12. The highest BCUT2D eigenvalue weighted by molar-refractivity contribution is 7.93. The van der Waals surface area contributed by atoms with Gasteiger partial charge in [0.05, 0.1) is 4.34 Å². The second-order valence-corrected chi connectivity index (χ2v) is 8.01. The van der Waals surface area contributed by atoms with E-state index in [0.29, 0.717) is 10.0 Å². The van der Waals surface area contributed by atoms with Gasteiger partial charge in [0.25, 0.3) is 10.0 Å². The van der Waals surface area contributed by atoms with Crippen LogP contribution in [0.15, 0.2) is 41.4 Å². The molecule has 2 aromatic heterocycles. The second kappa shape index (κ2) is 4.96. The first-order valence-electron chi connectivity index (χ1n) is 5.50. The van der Waals surface area contributed by atoms with Crippen molar-refractivity contribution < 1.29 is 8.42 Å². The Balaban J connectivity index is 1.98. The van der Waals surface area contributed by atoms with Crippen molar-refractivity contribution in [2.75, 3.05) is 4.72 Å². The van der Waals surface area contributed by atoms with Crippen molar-refractivity contribution in [1.82, 2.24) is 4.98 Å². The summed E-state index contributed by atoms with van der Waals surface area (Å²) in [5.41, 5.74) is 1.40. The number of anilines is 1. The van der Waals surface area contributed by atoms with Crippen molar-refractivity contribution in [3.63, 3.8) is 0 Å². The molecule has 0 aliphatic heterocycles. The number of hydrogen-bond acceptors (Lipinski definition) is 3. The van der Waals surface area contributed by atoms with Gasteiger partial charge in [-0.15, -0.1) is 11.3 Å². The molecule has 0 aliphatic carbocycles. The molecule has 104 valence electrons. The van der Waals surface area contributed by atoms with E-state index in [1.807, 2.05) is 6.07 Å². The van der Waals surface area contributed by atoms with Crippen molar-refractivity contribution in [1.29, 1.82) is 0 Å². The first kappa shape index (κ1) is 13.8. The van der Waals surface area contributed by atoms with Gasteiger partial charge in [-0.1, -0.05) is 23.2 Å². The fraction of sp³-hybridized carbons (Fsp3) is 0. The summed E-state index contributed by atoms with van der Waals surface area (Å²) >= 11 is 12.7. The van der Waals surface area contributed by atoms with Gasteiger partial charge in [-0.05, 0) is 30.3 Å². The maximum absolute atomic E-state index is 12.3. The number of aromatic nitrogens is 1. The smallest absolute Gasteiger partial charge is 0.264 e. The standard InChI is InChI=1S/C12H8Cl2N2O2S2/c13-11-6-10(12(14)19-11)20(17,18)16-8-1-2-9-7(5-8)3-4-15-9/h1-6,15-16H. The average molecular weight is 347 g/mol. The predicted molar refractivity (Wildman–Crippen MR) is 83.4 cm³/mol. The number of rotatable bonds is 3. The van der Waals surface area contributed by atoms with Gasteiger partial charge in [0, 0.05) is 22.8 Å². The molecule has 0 saturated heterocycles. The molecule has 2 N–H and O–H groups in total. The van der Waals surface area contributed by atoms with Crippen LogP contribution in [0.25, 0.3) is 10.9 Å². The molecule has 0 bridgehead atoms. The fourth-order valence-corrected chi connectivity index (χ4v) is 5.04. The molecule has 0 unspecified atom stereocenters. The molecular formula is C12H8Cl2N2O2S2. The molecule has 20 heavy (non-hydrogen) atoms. The van der Waals surface area contributed by atoms with Gasteiger partial charge in [0.15, 0.2) is 0 Å². The minimum Gasteiger partial charge on any atom is -0.361 e. The Bertz CT molecular complexity index is 884. The maximum atomic E-state index is 12.3. The van der Waals surface area contributed by atoms with E-state index >= 15 is 0 Å². The van der Waals surface area contributed by atoms with Crippen LogP contribution in [0.2, 0.25) is 8.67 Å². The molecule has 3 rings (SSSR count). The number of sulfonamides is 1. The molecule has 0 atom stereocenters. The first-order valence-corrected chi connectivity index (χ1v) is 8.56. The summed E-state index contributed by atoms with van der Waals surface area (Å²) in [5, 5.41) is 0.916. The molecule has 8 heteroatoms. The third-order valence-corrected chi connectivity index (χ3v) is 5.85. The van der Waals surface area contributed by atoms with Gasteiger partial charge in [-0.2, -0.15) is 0 Å². The van der Waals surface area contributed by atoms with Crippen LogP contribution in [-0.4, -0.2) is 13.4 Å². The minimum atomic E-state index is -3.74. The summed E-state index contributed by atoms with van der Waals surface area (Å²) in [5.74, 6) is 0. The van der Waals surface area contributed by atoms with E-state index in [9.17, 15) is 8.42 Å². The van der Waals surface area contributed by atoms with E-state index in [1.165, 1.54) is 6.07 Å². The van der Waals surface area contributed by atoms with Crippen molar-refractivity contribution in [2.24, 2.45) is 0 Å². The number of thiophene rings is 1. The SMILES string of the molecule is O=S(=O)(Nc1ccc2[nH]ccc2c1)c1cc(Cl)sc1Cl.